The highest BCUT2D eigenvalue weighted by molar-refractivity contribution is 5.30. The Labute approximate surface area is 136 Å². The Hall–Kier alpha value is -1.88. The van der Waals surface area contributed by atoms with Crippen molar-refractivity contribution in [3.05, 3.63) is 41.5 Å². The lowest BCUT2D eigenvalue weighted by molar-refractivity contribution is 0.0785. The minimum absolute atomic E-state index is 0.290. The molecule has 1 fully saturated rings. The molecule has 1 aromatic carbocycles. The Morgan fingerprint density at radius 2 is 1.87 bits per heavy atom. The molecular weight excluding hydrogens is 292 g/mol. The van der Waals surface area contributed by atoms with E-state index in [-0.39, 0.29) is 6.61 Å². The van der Waals surface area contributed by atoms with E-state index in [2.05, 4.69) is 10.1 Å². The monoisotopic (exact) mass is 316 g/mol. The third kappa shape index (κ3) is 4.10. The first kappa shape index (κ1) is 16.0. The van der Waals surface area contributed by atoms with Gasteiger partial charge in [0.2, 0.25) is 11.7 Å². The van der Waals surface area contributed by atoms with Gasteiger partial charge in [0.25, 0.3) is 0 Å². The molecule has 0 unspecified atom stereocenters. The number of nitrogens with zero attached hydrogens (tertiary/aromatic N) is 2. The molecule has 5 heteroatoms. The topological polar surface area (TPSA) is 68.4 Å². The summed E-state index contributed by atoms with van der Waals surface area (Å²) in [5.41, 5.74) is 0.00479. The Balaban J connectivity index is 1.57. The maximum Gasteiger partial charge on any atom is 0.229 e. The fraction of sp³-hybridized carbons (Fsp3) is 0.556. The van der Waals surface area contributed by atoms with Gasteiger partial charge in [-0.1, -0.05) is 36.6 Å². The first-order valence-corrected chi connectivity index (χ1v) is 8.30. The zero-order valence-corrected chi connectivity index (χ0v) is 13.8. The highest BCUT2D eigenvalue weighted by Gasteiger charge is 2.21. The van der Waals surface area contributed by atoms with Gasteiger partial charge in [0.1, 0.15) is 5.75 Å². The average Bonchev–Trinajstić information content (AvgIpc) is 3.02. The predicted molar refractivity (Wildman–Crippen MR) is 86.1 cm³/mol. The predicted octanol–water partition coefficient (Wildman–Crippen LogP) is 3.92. The van der Waals surface area contributed by atoms with Crippen molar-refractivity contribution in [3.8, 4) is 5.75 Å². The molecule has 1 heterocycles. The fourth-order valence-electron chi connectivity index (χ4n) is 2.95. The van der Waals surface area contributed by atoms with Crippen LogP contribution in [0.5, 0.6) is 5.75 Å². The zero-order valence-electron chi connectivity index (χ0n) is 13.8. The molecule has 0 aliphatic heterocycles. The highest BCUT2D eigenvalue weighted by Crippen LogP contribution is 2.31. The smallest absolute Gasteiger partial charge is 0.229 e. The van der Waals surface area contributed by atoms with E-state index in [1.165, 1.54) is 19.3 Å². The van der Waals surface area contributed by atoms with E-state index in [0.29, 0.717) is 11.7 Å². The second kappa shape index (κ2) is 6.71. The maximum absolute atomic E-state index is 9.94. The molecule has 1 aromatic heterocycles. The van der Waals surface area contributed by atoms with Crippen molar-refractivity contribution in [1.29, 1.82) is 0 Å². The van der Waals surface area contributed by atoms with Crippen LogP contribution >= 0.6 is 0 Å². The number of hydrogen-bond acceptors (Lipinski definition) is 5. The number of rotatable bonds is 5. The SMILES string of the molecule is CC(C)(O)c1ccc(OCc2noc(C3CCCCC3)n2)cc1. The first-order chi connectivity index (χ1) is 11.0. The van der Waals surface area contributed by atoms with Crippen LogP contribution < -0.4 is 4.74 Å². The number of benzene rings is 1. The van der Waals surface area contributed by atoms with E-state index >= 15 is 0 Å². The van der Waals surface area contributed by atoms with Crippen molar-refractivity contribution in [2.45, 2.75) is 64.1 Å². The largest absolute Gasteiger partial charge is 0.485 e. The normalized spacial score (nSPS) is 16.5. The molecular formula is C18H24N2O3. The molecule has 1 N–H and O–H groups in total. The standard InChI is InChI=1S/C18H24N2O3/c1-18(2,21)14-8-10-15(11-9-14)22-12-16-19-17(23-20-16)13-6-4-3-5-7-13/h8-11,13,21H,3-7,12H2,1-2H3. The van der Waals surface area contributed by atoms with Crippen LogP contribution in [0.25, 0.3) is 0 Å². The van der Waals surface area contributed by atoms with Gasteiger partial charge in [0.15, 0.2) is 6.61 Å². The lowest BCUT2D eigenvalue weighted by Crippen LogP contribution is -2.14. The summed E-state index contributed by atoms with van der Waals surface area (Å²) in [6.07, 6.45) is 6.07. The van der Waals surface area contributed by atoms with Crippen LogP contribution in [0.1, 0.15) is 69.1 Å². The van der Waals surface area contributed by atoms with Gasteiger partial charge in [-0.3, -0.25) is 0 Å². The van der Waals surface area contributed by atoms with Crippen molar-refractivity contribution in [2.75, 3.05) is 0 Å². The Morgan fingerprint density at radius 1 is 1.17 bits per heavy atom. The third-order valence-electron chi connectivity index (χ3n) is 4.37. The van der Waals surface area contributed by atoms with Crippen LogP contribution in [-0.4, -0.2) is 15.2 Å². The summed E-state index contributed by atoms with van der Waals surface area (Å²) in [7, 11) is 0. The molecule has 0 radical (unpaired) electrons. The molecule has 1 aliphatic rings. The maximum atomic E-state index is 9.94. The van der Waals surface area contributed by atoms with Crippen molar-refractivity contribution >= 4 is 0 Å². The molecule has 0 bridgehead atoms. The number of aliphatic hydroxyl groups is 1. The van der Waals surface area contributed by atoms with Gasteiger partial charge in [-0.2, -0.15) is 4.98 Å². The van der Waals surface area contributed by atoms with Gasteiger partial charge in [-0.05, 0) is 44.4 Å². The molecule has 124 valence electrons. The number of hydrogen-bond donors (Lipinski definition) is 1. The summed E-state index contributed by atoms with van der Waals surface area (Å²) < 4.78 is 11.1. The van der Waals surface area contributed by atoms with Crippen LogP contribution in [0, 0.1) is 0 Å². The van der Waals surface area contributed by atoms with Crippen LogP contribution in [-0.2, 0) is 12.2 Å². The molecule has 0 atom stereocenters. The molecule has 2 aromatic rings. The summed E-state index contributed by atoms with van der Waals surface area (Å²) in [5, 5.41) is 14.0. The Bertz CT molecular complexity index is 622. The summed E-state index contributed by atoms with van der Waals surface area (Å²) in [4.78, 5) is 4.46. The van der Waals surface area contributed by atoms with Crippen LogP contribution in [0.3, 0.4) is 0 Å². The molecule has 0 saturated heterocycles. The minimum atomic E-state index is -0.846. The van der Waals surface area contributed by atoms with Crippen molar-refractivity contribution in [2.24, 2.45) is 0 Å². The van der Waals surface area contributed by atoms with Crippen molar-refractivity contribution < 1.29 is 14.4 Å². The van der Waals surface area contributed by atoms with Crippen LogP contribution in [0.15, 0.2) is 28.8 Å². The quantitative estimate of drug-likeness (QED) is 0.905. The molecule has 23 heavy (non-hydrogen) atoms. The van der Waals surface area contributed by atoms with Crippen molar-refractivity contribution in [3.63, 3.8) is 0 Å². The highest BCUT2D eigenvalue weighted by atomic mass is 16.5. The molecule has 5 nitrogen and oxygen atoms in total. The lowest BCUT2D eigenvalue weighted by atomic mass is 9.89. The third-order valence-corrected chi connectivity index (χ3v) is 4.37. The van der Waals surface area contributed by atoms with E-state index < -0.39 is 5.60 Å². The van der Waals surface area contributed by atoms with E-state index in [4.69, 9.17) is 9.26 Å². The summed E-state index contributed by atoms with van der Waals surface area (Å²) in [6, 6.07) is 7.41. The fourth-order valence-corrected chi connectivity index (χ4v) is 2.95. The molecule has 1 aliphatic carbocycles. The van der Waals surface area contributed by atoms with Gasteiger partial charge >= 0.3 is 0 Å². The van der Waals surface area contributed by atoms with Gasteiger partial charge in [-0.25, -0.2) is 0 Å². The molecule has 1 saturated carbocycles. The lowest BCUT2D eigenvalue weighted by Gasteiger charge is -2.17. The van der Waals surface area contributed by atoms with Gasteiger partial charge in [-0.15, -0.1) is 0 Å². The number of ether oxygens (including phenoxy) is 1. The first-order valence-electron chi connectivity index (χ1n) is 8.30. The Kier molecular flexibility index (Phi) is 4.66. The van der Waals surface area contributed by atoms with E-state index in [1.807, 2.05) is 24.3 Å². The molecule has 3 rings (SSSR count). The zero-order chi connectivity index (χ0) is 16.3. The summed E-state index contributed by atoms with van der Waals surface area (Å²) >= 11 is 0. The van der Waals surface area contributed by atoms with Crippen LogP contribution in [0.2, 0.25) is 0 Å². The van der Waals surface area contributed by atoms with Gasteiger partial charge in [0, 0.05) is 5.92 Å². The summed E-state index contributed by atoms with van der Waals surface area (Å²) in [6.45, 7) is 3.81. The van der Waals surface area contributed by atoms with Gasteiger partial charge in [0.05, 0.1) is 5.60 Å². The molecule has 0 spiro atoms. The second-order valence-corrected chi connectivity index (χ2v) is 6.76. The van der Waals surface area contributed by atoms with Gasteiger partial charge < -0.3 is 14.4 Å². The number of aromatic nitrogens is 2. The van der Waals surface area contributed by atoms with E-state index in [1.54, 1.807) is 13.8 Å². The molecule has 0 amide bonds. The van der Waals surface area contributed by atoms with Crippen LogP contribution in [0.4, 0.5) is 0 Å². The van der Waals surface area contributed by atoms with E-state index in [9.17, 15) is 5.11 Å². The minimum Gasteiger partial charge on any atom is -0.485 e. The van der Waals surface area contributed by atoms with E-state index in [0.717, 1.165) is 30.0 Å². The summed E-state index contributed by atoms with van der Waals surface area (Å²) in [5.74, 6) is 2.47. The second-order valence-electron chi connectivity index (χ2n) is 6.76. The Morgan fingerprint density at radius 3 is 2.52 bits per heavy atom. The van der Waals surface area contributed by atoms with Crippen molar-refractivity contribution in [1.82, 2.24) is 10.1 Å². The average molecular weight is 316 g/mol.